The van der Waals surface area contributed by atoms with Gasteiger partial charge in [-0.25, -0.2) is 9.97 Å². The van der Waals surface area contributed by atoms with E-state index in [0.29, 0.717) is 17.4 Å². The minimum atomic E-state index is 0.392. The Kier molecular flexibility index (Phi) is 4.01. The zero-order chi connectivity index (χ0) is 21.4. The molecule has 8 heteroatoms. The molecule has 7 nitrogen and oxygen atoms in total. The van der Waals surface area contributed by atoms with E-state index in [1.54, 1.807) is 0 Å². The lowest BCUT2D eigenvalue weighted by molar-refractivity contribution is 0.0581. The molecule has 0 amide bonds. The average molecular weight is 448 g/mol. The number of nitrogens with zero attached hydrogens (tertiary/aromatic N) is 7. The van der Waals surface area contributed by atoms with Crippen molar-refractivity contribution in [2.45, 2.75) is 57.7 Å². The number of hydrogen-bond acceptors (Lipinski definition) is 6. The van der Waals surface area contributed by atoms with Gasteiger partial charge in [0.1, 0.15) is 17.5 Å². The molecule has 3 fully saturated rings. The molecule has 1 aromatic carbocycles. The highest BCUT2D eigenvalue weighted by Crippen LogP contribution is 2.56. The van der Waals surface area contributed by atoms with Crippen LogP contribution in [0.4, 0.5) is 5.82 Å². The number of benzene rings is 1. The minimum absolute atomic E-state index is 0.392. The van der Waals surface area contributed by atoms with E-state index >= 15 is 0 Å². The molecular formula is C24H26ClN7. The molecule has 2 aromatic heterocycles. The molecule has 4 aliphatic rings. The first-order valence-corrected chi connectivity index (χ1v) is 12.0. The average Bonchev–Trinajstić information content (AvgIpc) is 3.50. The summed E-state index contributed by atoms with van der Waals surface area (Å²) in [6.45, 7) is 5.89. The van der Waals surface area contributed by atoms with Crippen LogP contribution in [0.15, 0.2) is 30.5 Å². The van der Waals surface area contributed by atoms with E-state index in [2.05, 4.69) is 41.6 Å². The van der Waals surface area contributed by atoms with E-state index in [1.165, 1.54) is 36.9 Å². The second-order valence-corrected chi connectivity index (χ2v) is 10.6. The summed E-state index contributed by atoms with van der Waals surface area (Å²) >= 11 is 6.38. The molecule has 0 atom stereocenters. The van der Waals surface area contributed by atoms with E-state index in [0.717, 1.165) is 54.5 Å². The van der Waals surface area contributed by atoms with E-state index in [-0.39, 0.29) is 0 Å². The van der Waals surface area contributed by atoms with Gasteiger partial charge in [-0.2, -0.15) is 0 Å². The lowest BCUT2D eigenvalue weighted by Gasteiger charge is -2.59. The van der Waals surface area contributed by atoms with Crippen molar-refractivity contribution in [1.29, 1.82) is 0 Å². The first kappa shape index (κ1) is 19.0. The highest BCUT2D eigenvalue weighted by molar-refractivity contribution is 6.30. The standard InChI is InChI=1S/C24H26ClN7/c1-15-26-7-6-21(27-15)31-13-24(14-31)9-17(10-24)23-29-28-22-12-30(19-3-4-19)11-16-8-18(25)2-5-20(16)32(22)23/h2,5-8,17,19H,3-4,9-14H2,1H3. The lowest BCUT2D eigenvalue weighted by Crippen LogP contribution is -2.62. The fourth-order valence-corrected chi connectivity index (χ4v) is 6.18. The van der Waals surface area contributed by atoms with Crippen molar-refractivity contribution in [3.8, 4) is 5.69 Å². The Morgan fingerprint density at radius 1 is 1.06 bits per heavy atom. The van der Waals surface area contributed by atoms with Crippen molar-refractivity contribution < 1.29 is 0 Å². The molecular weight excluding hydrogens is 422 g/mol. The molecule has 164 valence electrons. The molecule has 2 saturated carbocycles. The van der Waals surface area contributed by atoms with Gasteiger partial charge in [-0.1, -0.05) is 11.6 Å². The van der Waals surface area contributed by atoms with Gasteiger partial charge in [0, 0.05) is 48.2 Å². The molecule has 4 heterocycles. The highest BCUT2D eigenvalue weighted by Gasteiger charge is 2.54. The third-order valence-corrected chi connectivity index (χ3v) is 7.92. The van der Waals surface area contributed by atoms with Crippen molar-refractivity contribution in [2.75, 3.05) is 18.0 Å². The van der Waals surface area contributed by atoms with Crippen molar-refractivity contribution in [3.63, 3.8) is 0 Å². The van der Waals surface area contributed by atoms with Crippen LogP contribution >= 0.6 is 11.6 Å². The molecule has 2 aliphatic heterocycles. The maximum absolute atomic E-state index is 6.38. The van der Waals surface area contributed by atoms with Crippen LogP contribution in [0.5, 0.6) is 0 Å². The van der Waals surface area contributed by atoms with Crippen LogP contribution in [0, 0.1) is 12.3 Å². The maximum atomic E-state index is 6.38. The summed E-state index contributed by atoms with van der Waals surface area (Å²) in [5, 5.41) is 10.2. The van der Waals surface area contributed by atoms with Crippen LogP contribution in [0.3, 0.4) is 0 Å². The Morgan fingerprint density at radius 2 is 1.91 bits per heavy atom. The lowest BCUT2D eigenvalue weighted by atomic mass is 9.57. The van der Waals surface area contributed by atoms with Crippen LogP contribution < -0.4 is 4.90 Å². The van der Waals surface area contributed by atoms with Gasteiger partial charge in [-0.05, 0) is 62.4 Å². The predicted molar refractivity (Wildman–Crippen MR) is 122 cm³/mol. The molecule has 0 radical (unpaired) electrons. The highest BCUT2D eigenvalue weighted by atomic mass is 35.5. The zero-order valence-electron chi connectivity index (χ0n) is 18.2. The topological polar surface area (TPSA) is 63.0 Å². The van der Waals surface area contributed by atoms with E-state index in [4.69, 9.17) is 16.7 Å². The number of aryl methyl sites for hydroxylation is 1. The Labute approximate surface area is 192 Å². The molecule has 0 unspecified atom stereocenters. The van der Waals surface area contributed by atoms with Gasteiger partial charge < -0.3 is 4.90 Å². The summed E-state index contributed by atoms with van der Waals surface area (Å²) in [5.74, 6) is 4.54. The van der Waals surface area contributed by atoms with E-state index < -0.39 is 0 Å². The number of anilines is 1. The first-order chi connectivity index (χ1) is 15.6. The monoisotopic (exact) mass is 447 g/mol. The minimum Gasteiger partial charge on any atom is -0.355 e. The molecule has 7 rings (SSSR count). The predicted octanol–water partition coefficient (Wildman–Crippen LogP) is 3.88. The molecule has 0 bridgehead atoms. The van der Waals surface area contributed by atoms with Gasteiger partial charge >= 0.3 is 0 Å². The van der Waals surface area contributed by atoms with Crippen molar-refractivity contribution >= 4 is 17.4 Å². The number of aromatic nitrogens is 5. The van der Waals surface area contributed by atoms with Gasteiger partial charge in [-0.3, -0.25) is 9.47 Å². The molecule has 32 heavy (non-hydrogen) atoms. The molecule has 3 aromatic rings. The van der Waals surface area contributed by atoms with Gasteiger partial charge in [0.25, 0.3) is 0 Å². The Bertz CT molecular complexity index is 1200. The van der Waals surface area contributed by atoms with Crippen molar-refractivity contribution in [3.05, 3.63) is 58.5 Å². The van der Waals surface area contributed by atoms with Crippen LogP contribution in [0.1, 0.15) is 54.6 Å². The van der Waals surface area contributed by atoms with E-state index in [9.17, 15) is 0 Å². The van der Waals surface area contributed by atoms with Crippen LogP contribution in [0.25, 0.3) is 5.69 Å². The summed E-state index contributed by atoms with van der Waals surface area (Å²) in [5.41, 5.74) is 2.89. The largest absolute Gasteiger partial charge is 0.355 e. The Hall–Kier alpha value is -2.51. The summed E-state index contributed by atoms with van der Waals surface area (Å²) in [6.07, 6.45) is 6.75. The fourth-order valence-electron chi connectivity index (χ4n) is 5.98. The van der Waals surface area contributed by atoms with Crippen LogP contribution in [-0.2, 0) is 13.1 Å². The van der Waals surface area contributed by atoms with Crippen molar-refractivity contribution in [2.24, 2.45) is 5.41 Å². The van der Waals surface area contributed by atoms with Gasteiger partial charge in [0.2, 0.25) is 0 Å². The van der Waals surface area contributed by atoms with Crippen LogP contribution in [-0.4, -0.2) is 48.8 Å². The summed E-state index contributed by atoms with van der Waals surface area (Å²) in [4.78, 5) is 13.7. The molecule has 2 aliphatic carbocycles. The second-order valence-electron chi connectivity index (χ2n) is 10.1. The number of fused-ring (bicyclic) bond motifs is 3. The van der Waals surface area contributed by atoms with Crippen molar-refractivity contribution in [1.82, 2.24) is 29.6 Å². The summed E-state index contributed by atoms with van der Waals surface area (Å²) in [6, 6.07) is 8.97. The Balaban J connectivity index is 1.15. The summed E-state index contributed by atoms with van der Waals surface area (Å²) in [7, 11) is 0. The number of hydrogen-bond donors (Lipinski definition) is 0. The third kappa shape index (κ3) is 2.98. The van der Waals surface area contributed by atoms with Gasteiger partial charge in [0.15, 0.2) is 5.82 Å². The van der Waals surface area contributed by atoms with Gasteiger partial charge in [0.05, 0.1) is 12.2 Å². The first-order valence-electron chi connectivity index (χ1n) is 11.6. The van der Waals surface area contributed by atoms with E-state index in [1.807, 2.05) is 25.3 Å². The molecule has 1 spiro atoms. The smallest absolute Gasteiger partial charge is 0.151 e. The maximum Gasteiger partial charge on any atom is 0.151 e. The van der Waals surface area contributed by atoms with Crippen LogP contribution in [0.2, 0.25) is 5.02 Å². The molecule has 1 saturated heterocycles. The Morgan fingerprint density at radius 3 is 2.69 bits per heavy atom. The zero-order valence-corrected chi connectivity index (χ0v) is 19.0. The number of halogens is 1. The number of rotatable bonds is 3. The normalized spacial score (nSPS) is 22.1. The summed E-state index contributed by atoms with van der Waals surface area (Å²) < 4.78 is 2.34. The van der Waals surface area contributed by atoms with Gasteiger partial charge in [-0.15, -0.1) is 10.2 Å². The fraction of sp³-hybridized carbons (Fsp3) is 0.500. The SMILES string of the molecule is Cc1nccc(N2CC3(CC(c4nnc5n4-c4ccc(Cl)cc4CN(C4CC4)C5)C3)C2)n1. The quantitative estimate of drug-likeness (QED) is 0.607. The second kappa shape index (κ2) is 6.75. The third-order valence-electron chi connectivity index (χ3n) is 7.68. The molecule has 0 N–H and O–H groups in total.